The molecule has 0 aliphatic rings. The molecule has 1 aromatic rings. The molecule has 13 heavy (non-hydrogen) atoms. The minimum absolute atomic E-state index is 0.222. The highest BCUT2D eigenvalue weighted by atomic mass is 35.5. The van der Waals surface area contributed by atoms with E-state index in [4.69, 9.17) is 28.3 Å². The smallest absolute Gasteiger partial charge is 0.148 e. The Balaban J connectivity index is 2.83. The second kappa shape index (κ2) is 4.61. The molecule has 0 aliphatic heterocycles. The highest BCUT2D eigenvalue weighted by molar-refractivity contribution is 6.35. The van der Waals surface area contributed by atoms with E-state index in [2.05, 4.69) is 0 Å². The number of hydrogen-bond acceptors (Lipinski definition) is 2. The zero-order valence-corrected chi connectivity index (χ0v) is 8.22. The van der Waals surface area contributed by atoms with Crippen LogP contribution in [0.5, 0.6) is 0 Å². The van der Waals surface area contributed by atoms with Crippen molar-refractivity contribution in [3.8, 4) is 0 Å². The van der Waals surface area contributed by atoms with E-state index in [1.54, 1.807) is 18.2 Å². The van der Waals surface area contributed by atoms with Crippen LogP contribution in [0.3, 0.4) is 0 Å². The maximum Gasteiger partial charge on any atom is 0.148 e. The van der Waals surface area contributed by atoms with Crippen molar-refractivity contribution in [1.29, 1.82) is 0 Å². The van der Waals surface area contributed by atoms with E-state index < -0.39 is 6.10 Å². The van der Waals surface area contributed by atoms with Crippen molar-refractivity contribution >= 4 is 29.5 Å². The molecule has 1 aromatic carbocycles. The third kappa shape index (κ3) is 2.99. The maximum atomic E-state index is 10.2. The molecule has 1 N–H and O–H groups in total. The van der Waals surface area contributed by atoms with Crippen LogP contribution in [0.2, 0.25) is 10.0 Å². The van der Waals surface area contributed by atoms with Gasteiger partial charge in [-0.25, -0.2) is 0 Å². The van der Waals surface area contributed by atoms with Crippen molar-refractivity contribution in [3.05, 3.63) is 33.8 Å². The lowest BCUT2D eigenvalue weighted by Gasteiger charge is -2.05. The summed E-state index contributed by atoms with van der Waals surface area (Å²) in [7, 11) is 0. The zero-order chi connectivity index (χ0) is 9.84. The summed E-state index contributed by atoms with van der Waals surface area (Å²) in [4.78, 5) is 10.2. The molecule has 0 radical (unpaired) electrons. The van der Waals surface area contributed by atoms with Crippen LogP contribution in [0, 0.1) is 0 Å². The fourth-order valence-corrected chi connectivity index (χ4v) is 1.45. The topological polar surface area (TPSA) is 37.3 Å². The van der Waals surface area contributed by atoms with E-state index in [1.807, 2.05) is 0 Å². The summed E-state index contributed by atoms with van der Waals surface area (Å²) in [6.07, 6.45) is -0.302. The standard InChI is InChI=1S/C9H8Cl2O2/c10-7-2-1-6(9(11)4-7)3-8(13)5-12/h1-2,4-5,8,13H,3H2. The lowest BCUT2D eigenvalue weighted by molar-refractivity contribution is -0.114. The van der Waals surface area contributed by atoms with Gasteiger partial charge in [-0.2, -0.15) is 0 Å². The van der Waals surface area contributed by atoms with Gasteiger partial charge in [-0.05, 0) is 17.7 Å². The van der Waals surface area contributed by atoms with Gasteiger partial charge in [0, 0.05) is 16.5 Å². The van der Waals surface area contributed by atoms with Crippen LogP contribution in [-0.4, -0.2) is 17.5 Å². The van der Waals surface area contributed by atoms with Crippen LogP contribution < -0.4 is 0 Å². The van der Waals surface area contributed by atoms with Crippen LogP contribution in [0.25, 0.3) is 0 Å². The quantitative estimate of drug-likeness (QED) is 0.790. The van der Waals surface area contributed by atoms with Gasteiger partial charge in [0.1, 0.15) is 12.4 Å². The molecule has 0 amide bonds. The molecule has 70 valence electrons. The molecule has 2 nitrogen and oxygen atoms in total. The number of halogens is 2. The van der Waals surface area contributed by atoms with Gasteiger partial charge in [-0.1, -0.05) is 29.3 Å². The molecule has 0 bridgehead atoms. The fourth-order valence-electron chi connectivity index (χ4n) is 0.961. The number of aliphatic hydroxyl groups is 1. The summed E-state index contributed by atoms with van der Waals surface area (Å²) in [6.45, 7) is 0. The van der Waals surface area contributed by atoms with E-state index in [9.17, 15) is 4.79 Å². The molecule has 0 fully saturated rings. The lowest BCUT2D eigenvalue weighted by Crippen LogP contribution is -2.11. The largest absolute Gasteiger partial charge is 0.385 e. The second-order valence-corrected chi connectivity index (χ2v) is 3.49. The van der Waals surface area contributed by atoms with E-state index in [0.717, 1.165) is 0 Å². The highest BCUT2D eigenvalue weighted by Crippen LogP contribution is 2.21. The Labute approximate surface area is 86.1 Å². The van der Waals surface area contributed by atoms with E-state index >= 15 is 0 Å². The summed E-state index contributed by atoms with van der Waals surface area (Å²) < 4.78 is 0. The third-order valence-corrected chi connectivity index (χ3v) is 2.19. The van der Waals surface area contributed by atoms with E-state index in [-0.39, 0.29) is 6.42 Å². The van der Waals surface area contributed by atoms with Crippen molar-refractivity contribution in [1.82, 2.24) is 0 Å². The van der Waals surface area contributed by atoms with Gasteiger partial charge in [0.05, 0.1) is 0 Å². The summed E-state index contributed by atoms with van der Waals surface area (Å²) >= 11 is 11.5. The normalized spacial score (nSPS) is 12.5. The first-order chi connectivity index (χ1) is 6.13. The van der Waals surface area contributed by atoms with Crippen molar-refractivity contribution in [2.45, 2.75) is 12.5 Å². The summed E-state index contributed by atoms with van der Waals surface area (Å²) in [5.41, 5.74) is 0.714. The first-order valence-corrected chi connectivity index (χ1v) is 4.46. The minimum Gasteiger partial charge on any atom is -0.385 e. The molecular formula is C9H8Cl2O2. The molecule has 4 heteroatoms. The maximum absolute atomic E-state index is 10.2. The Kier molecular flexibility index (Phi) is 3.72. The van der Waals surface area contributed by atoms with Crippen molar-refractivity contribution in [2.24, 2.45) is 0 Å². The predicted molar refractivity (Wildman–Crippen MR) is 52.2 cm³/mol. The number of rotatable bonds is 3. The first kappa shape index (κ1) is 10.5. The van der Waals surface area contributed by atoms with E-state index in [1.165, 1.54) is 0 Å². The molecule has 1 unspecified atom stereocenters. The van der Waals surface area contributed by atoms with Crippen LogP contribution in [0.4, 0.5) is 0 Å². The number of aldehydes is 1. The molecule has 0 aromatic heterocycles. The molecule has 0 saturated heterocycles. The van der Waals surface area contributed by atoms with Crippen LogP contribution in [-0.2, 0) is 11.2 Å². The SMILES string of the molecule is O=CC(O)Cc1ccc(Cl)cc1Cl. The Bertz CT molecular complexity index is 312. The molecule has 0 spiro atoms. The number of benzene rings is 1. The highest BCUT2D eigenvalue weighted by Gasteiger charge is 2.07. The summed E-state index contributed by atoms with van der Waals surface area (Å²) in [5.74, 6) is 0. The van der Waals surface area contributed by atoms with Crippen molar-refractivity contribution in [3.63, 3.8) is 0 Å². The van der Waals surface area contributed by atoms with Gasteiger partial charge in [-0.3, -0.25) is 0 Å². The van der Waals surface area contributed by atoms with Crippen molar-refractivity contribution < 1.29 is 9.90 Å². The second-order valence-electron chi connectivity index (χ2n) is 2.64. The summed E-state index contributed by atoms with van der Waals surface area (Å²) in [6, 6.07) is 4.94. The fraction of sp³-hybridized carbons (Fsp3) is 0.222. The number of carbonyl (C=O) groups is 1. The third-order valence-electron chi connectivity index (χ3n) is 1.60. The van der Waals surface area contributed by atoms with Crippen LogP contribution >= 0.6 is 23.2 Å². The van der Waals surface area contributed by atoms with Crippen molar-refractivity contribution in [2.75, 3.05) is 0 Å². The van der Waals surface area contributed by atoms with Crippen LogP contribution in [0.15, 0.2) is 18.2 Å². The summed E-state index contributed by atoms with van der Waals surface area (Å²) in [5, 5.41) is 10.0. The Morgan fingerprint density at radius 3 is 2.69 bits per heavy atom. The Morgan fingerprint density at radius 2 is 2.15 bits per heavy atom. The van der Waals surface area contributed by atoms with Crippen LogP contribution in [0.1, 0.15) is 5.56 Å². The van der Waals surface area contributed by atoms with E-state index in [0.29, 0.717) is 21.9 Å². The average Bonchev–Trinajstić information content (AvgIpc) is 2.09. The Morgan fingerprint density at radius 1 is 1.46 bits per heavy atom. The van der Waals surface area contributed by atoms with Gasteiger partial charge in [0.15, 0.2) is 0 Å². The number of aliphatic hydroxyl groups excluding tert-OH is 1. The average molecular weight is 219 g/mol. The van der Waals surface area contributed by atoms with Gasteiger partial charge in [0.2, 0.25) is 0 Å². The Hall–Kier alpha value is -0.570. The molecule has 0 heterocycles. The first-order valence-electron chi connectivity index (χ1n) is 3.71. The predicted octanol–water partition coefficient (Wildman–Crippen LogP) is 2.10. The molecule has 1 rings (SSSR count). The van der Waals surface area contributed by atoms with Gasteiger partial charge in [-0.15, -0.1) is 0 Å². The lowest BCUT2D eigenvalue weighted by atomic mass is 10.1. The van der Waals surface area contributed by atoms with Gasteiger partial charge >= 0.3 is 0 Å². The zero-order valence-electron chi connectivity index (χ0n) is 6.71. The number of carbonyl (C=O) groups excluding carboxylic acids is 1. The van der Waals surface area contributed by atoms with Gasteiger partial charge < -0.3 is 9.90 Å². The molecule has 0 saturated carbocycles. The minimum atomic E-state index is -1.00. The van der Waals surface area contributed by atoms with Gasteiger partial charge in [0.25, 0.3) is 0 Å². The molecular weight excluding hydrogens is 211 g/mol. The molecule has 1 atom stereocenters. The molecule has 0 aliphatic carbocycles. The number of hydrogen-bond donors (Lipinski definition) is 1. The monoisotopic (exact) mass is 218 g/mol.